The second-order valence-corrected chi connectivity index (χ2v) is 13.2. The van der Waals surface area contributed by atoms with Crippen molar-refractivity contribution in [2.24, 2.45) is 0 Å². The van der Waals surface area contributed by atoms with Crippen molar-refractivity contribution < 1.29 is 0 Å². The summed E-state index contributed by atoms with van der Waals surface area (Å²) in [5.74, 6) is 0.713. The molecule has 3 heterocycles. The van der Waals surface area contributed by atoms with Crippen molar-refractivity contribution in [1.29, 1.82) is 0 Å². The maximum Gasteiger partial charge on any atom is 0.160 e. The molecule has 11 rings (SSSR count). The number of rotatable bonds is 3. The number of benzene rings is 7. The Balaban J connectivity index is 1.27. The molecular weight excluding hydrogens is 621 g/mol. The third kappa shape index (κ3) is 4.11. The average Bonchev–Trinajstić information content (AvgIpc) is 3.48. The zero-order chi connectivity index (χ0) is 33.5. The summed E-state index contributed by atoms with van der Waals surface area (Å²) in [7, 11) is 0. The number of aromatic nitrogens is 4. The van der Waals surface area contributed by atoms with Crippen LogP contribution in [0.5, 0.6) is 0 Å². The SMILES string of the molecule is c1ccc(-c2nc(-c3ccc4c(c3)c3c5cccc6c5c(cc3n4-c3ccccc3)-c3ccccc3-c3cnccc3-6)nc3ccccc23)cc1. The lowest BCUT2D eigenvalue weighted by Gasteiger charge is -2.14. The summed E-state index contributed by atoms with van der Waals surface area (Å²) in [5.41, 5.74) is 14.6. The smallest absolute Gasteiger partial charge is 0.160 e. The number of hydrogen-bond donors (Lipinski definition) is 0. The monoisotopic (exact) mass is 648 g/mol. The lowest BCUT2D eigenvalue weighted by atomic mass is 9.91. The molecule has 7 aromatic carbocycles. The molecule has 0 aliphatic heterocycles. The molecule has 51 heavy (non-hydrogen) atoms. The number of fused-ring (bicyclic) bond motifs is 10. The fourth-order valence-corrected chi connectivity index (χ4v) is 8.24. The highest BCUT2D eigenvalue weighted by Crippen LogP contribution is 2.50. The van der Waals surface area contributed by atoms with Gasteiger partial charge in [-0.25, -0.2) is 9.97 Å². The summed E-state index contributed by atoms with van der Waals surface area (Å²) in [4.78, 5) is 15.0. The standard InChI is InChI=1S/C47H28N4/c1-3-12-29(13-4-1)46-36-18-9-10-21-41(36)49-47(50-46)30-22-23-42-39(26-30)45-37-20-11-19-35-34-24-25-48-28-40(34)33-17-8-7-16-32(33)38(44(35)37)27-43(45)51(42)31-14-5-2-6-15-31/h1-28H. The Morgan fingerprint density at radius 1 is 0.412 bits per heavy atom. The van der Waals surface area contributed by atoms with E-state index in [9.17, 15) is 0 Å². The minimum atomic E-state index is 0.713. The molecule has 0 saturated carbocycles. The van der Waals surface area contributed by atoms with Crippen molar-refractivity contribution in [2.75, 3.05) is 0 Å². The zero-order valence-electron chi connectivity index (χ0n) is 27.5. The molecule has 0 N–H and O–H groups in total. The van der Waals surface area contributed by atoms with Gasteiger partial charge in [-0.1, -0.05) is 109 Å². The van der Waals surface area contributed by atoms with Gasteiger partial charge >= 0.3 is 0 Å². The Hall–Kier alpha value is -6.91. The molecule has 0 bridgehead atoms. The van der Waals surface area contributed by atoms with E-state index < -0.39 is 0 Å². The van der Waals surface area contributed by atoms with Gasteiger partial charge in [0.25, 0.3) is 0 Å². The van der Waals surface area contributed by atoms with Gasteiger partial charge in [0.1, 0.15) is 0 Å². The molecule has 4 heteroatoms. The van der Waals surface area contributed by atoms with Gasteiger partial charge in [0.2, 0.25) is 0 Å². The Morgan fingerprint density at radius 2 is 1.12 bits per heavy atom. The quantitative estimate of drug-likeness (QED) is 0.191. The van der Waals surface area contributed by atoms with Crippen molar-refractivity contribution in [3.05, 3.63) is 170 Å². The highest BCUT2D eigenvalue weighted by molar-refractivity contribution is 6.28. The summed E-state index contributed by atoms with van der Waals surface area (Å²) in [6.07, 6.45) is 3.92. The Kier molecular flexibility index (Phi) is 5.92. The second kappa shape index (κ2) is 10.8. The summed E-state index contributed by atoms with van der Waals surface area (Å²) >= 11 is 0. The maximum absolute atomic E-state index is 5.24. The summed E-state index contributed by atoms with van der Waals surface area (Å²) in [5, 5.41) is 5.91. The molecule has 0 spiro atoms. The first kappa shape index (κ1) is 28.0. The summed E-state index contributed by atoms with van der Waals surface area (Å²) < 4.78 is 2.41. The van der Waals surface area contributed by atoms with Gasteiger partial charge in [-0.15, -0.1) is 0 Å². The van der Waals surface area contributed by atoms with Gasteiger partial charge in [0, 0.05) is 50.9 Å². The fraction of sp³-hybridized carbons (Fsp3) is 0. The molecule has 0 unspecified atom stereocenters. The highest BCUT2D eigenvalue weighted by Gasteiger charge is 2.25. The van der Waals surface area contributed by atoms with Gasteiger partial charge in [-0.05, 0) is 87.1 Å². The number of pyridine rings is 1. The van der Waals surface area contributed by atoms with E-state index in [2.05, 4.69) is 155 Å². The number of nitrogens with zero attached hydrogens (tertiary/aromatic N) is 4. The van der Waals surface area contributed by atoms with Crippen LogP contribution in [-0.4, -0.2) is 19.5 Å². The molecule has 0 atom stereocenters. The van der Waals surface area contributed by atoms with Crippen LogP contribution in [-0.2, 0) is 0 Å². The summed E-state index contributed by atoms with van der Waals surface area (Å²) in [6.45, 7) is 0. The molecule has 1 aliphatic carbocycles. The van der Waals surface area contributed by atoms with Crippen LogP contribution in [0.1, 0.15) is 0 Å². The van der Waals surface area contributed by atoms with Crippen molar-refractivity contribution >= 4 is 43.5 Å². The van der Waals surface area contributed by atoms with Crippen molar-refractivity contribution in [3.63, 3.8) is 0 Å². The van der Waals surface area contributed by atoms with E-state index in [1.807, 2.05) is 24.5 Å². The molecule has 0 fully saturated rings. The van der Waals surface area contributed by atoms with Gasteiger partial charge in [-0.3, -0.25) is 4.98 Å². The van der Waals surface area contributed by atoms with Crippen LogP contribution in [0.25, 0.3) is 105 Å². The maximum atomic E-state index is 5.24. The topological polar surface area (TPSA) is 43.6 Å². The van der Waals surface area contributed by atoms with E-state index >= 15 is 0 Å². The van der Waals surface area contributed by atoms with Gasteiger partial charge < -0.3 is 4.57 Å². The average molecular weight is 649 g/mol. The molecule has 0 amide bonds. The van der Waals surface area contributed by atoms with Crippen LogP contribution in [0, 0.1) is 0 Å². The predicted octanol–water partition coefficient (Wildman–Crippen LogP) is 11.9. The van der Waals surface area contributed by atoms with Gasteiger partial charge in [0.15, 0.2) is 5.82 Å². The Labute approximate surface area is 294 Å². The first-order valence-electron chi connectivity index (χ1n) is 17.3. The van der Waals surface area contributed by atoms with Gasteiger partial charge in [-0.2, -0.15) is 0 Å². The molecule has 10 aromatic rings. The van der Waals surface area contributed by atoms with Crippen molar-refractivity contribution in [1.82, 2.24) is 19.5 Å². The lowest BCUT2D eigenvalue weighted by Crippen LogP contribution is -1.96. The van der Waals surface area contributed by atoms with Crippen LogP contribution < -0.4 is 0 Å². The van der Waals surface area contributed by atoms with Crippen LogP contribution in [0.4, 0.5) is 0 Å². The largest absolute Gasteiger partial charge is 0.309 e. The van der Waals surface area contributed by atoms with Crippen LogP contribution >= 0.6 is 0 Å². The normalized spacial score (nSPS) is 11.9. The second-order valence-electron chi connectivity index (χ2n) is 13.2. The molecule has 236 valence electrons. The van der Waals surface area contributed by atoms with Crippen molar-refractivity contribution in [2.45, 2.75) is 0 Å². The summed E-state index contributed by atoms with van der Waals surface area (Å²) in [6, 6.07) is 56.2. The predicted molar refractivity (Wildman–Crippen MR) is 210 cm³/mol. The molecule has 4 nitrogen and oxygen atoms in total. The van der Waals surface area contributed by atoms with E-state index in [0.717, 1.165) is 50.0 Å². The minimum absolute atomic E-state index is 0.713. The number of para-hydroxylation sites is 2. The Bertz CT molecular complexity index is 3020. The molecule has 3 aromatic heterocycles. The first-order valence-corrected chi connectivity index (χ1v) is 17.3. The lowest BCUT2D eigenvalue weighted by molar-refractivity contribution is 1.18. The van der Waals surface area contributed by atoms with E-state index in [4.69, 9.17) is 9.97 Å². The van der Waals surface area contributed by atoms with E-state index in [0.29, 0.717) is 5.82 Å². The van der Waals surface area contributed by atoms with Crippen LogP contribution in [0.2, 0.25) is 0 Å². The number of hydrogen-bond acceptors (Lipinski definition) is 3. The third-order valence-electron chi connectivity index (χ3n) is 10.4. The molecule has 0 radical (unpaired) electrons. The third-order valence-corrected chi connectivity index (χ3v) is 10.4. The molecule has 0 saturated heterocycles. The first-order chi connectivity index (χ1) is 25.3. The van der Waals surface area contributed by atoms with Crippen molar-refractivity contribution in [3.8, 4) is 61.7 Å². The van der Waals surface area contributed by atoms with Crippen LogP contribution in [0.3, 0.4) is 0 Å². The van der Waals surface area contributed by atoms with E-state index in [-0.39, 0.29) is 0 Å². The minimum Gasteiger partial charge on any atom is -0.309 e. The van der Waals surface area contributed by atoms with Gasteiger partial charge in [0.05, 0.1) is 22.2 Å². The highest BCUT2D eigenvalue weighted by atomic mass is 15.0. The molecular formula is C47H28N4. The van der Waals surface area contributed by atoms with E-state index in [1.54, 1.807) is 0 Å². The fourth-order valence-electron chi connectivity index (χ4n) is 8.24. The van der Waals surface area contributed by atoms with Crippen LogP contribution in [0.15, 0.2) is 170 Å². The Morgan fingerprint density at radius 3 is 1.98 bits per heavy atom. The molecule has 1 aliphatic rings. The zero-order valence-corrected chi connectivity index (χ0v) is 27.5. The van der Waals surface area contributed by atoms with E-state index in [1.165, 1.54) is 49.4 Å².